The third-order valence-electron chi connectivity index (χ3n) is 8.66. The van der Waals surface area contributed by atoms with Gasteiger partial charge in [-0.25, -0.2) is 19.6 Å². The van der Waals surface area contributed by atoms with E-state index >= 15 is 0 Å². The van der Waals surface area contributed by atoms with E-state index < -0.39 is 11.2 Å². The second-order valence-electron chi connectivity index (χ2n) is 14.7. The van der Waals surface area contributed by atoms with Crippen LogP contribution in [0.3, 0.4) is 0 Å². The van der Waals surface area contributed by atoms with Crippen molar-refractivity contribution in [2.24, 2.45) is 0 Å². The van der Waals surface area contributed by atoms with Crippen molar-refractivity contribution >= 4 is 35.3 Å². The van der Waals surface area contributed by atoms with Crippen molar-refractivity contribution in [3.8, 4) is 22.5 Å². The molecule has 2 saturated heterocycles. The Hall–Kier alpha value is -4.45. The summed E-state index contributed by atoms with van der Waals surface area (Å²) in [7, 11) is 0. The molecule has 5 heterocycles. The molecule has 2 aromatic heterocycles. The number of likely N-dealkylation sites (tertiary alicyclic amines) is 2. The summed E-state index contributed by atoms with van der Waals surface area (Å²) in [4.78, 5) is 47.8. The van der Waals surface area contributed by atoms with Crippen LogP contribution in [-0.2, 0) is 9.47 Å². The fraction of sp³-hybridized carbons (Fsp3) is 0.444. The SMILES string of the molecule is CC(C)(C)OC(=O)N1CCC[C@@H]1c1ncc(-c2ccc3c(c2)Nc2ccc(-c4cnc([C@@H]5CCCN5C(=O)OC(C)(C)C)[nH]4)cc2S3)[nH]1. The number of carbonyl (C=O) groups is 2. The average Bonchev–Trinajstić information content (AvgIpc) is 3.83. The zero-order chi connectivity index (χ0) is 33.8. The fourth-order valence-electron chi connectivity index (χ4n) is 6.51. The van der Waals surface area contributed by atoms with E-state index in [2.05, 4.69) is 61.7 Å². The summed E-state index contributed by atoms with van der Waals surface area (Å²) in [5, 5.41) is 3.61. The number of hydrogen-bond donors (Lipinski definition) is 3. The Bertz CT molecular complexity index is 1720. The van der Waals surface area contributed by atoms with Crippen LogP contribution in [0, 0.1) is 0 Å². The molecule has 0 bridgehead atoms. The van der Waals surface area contributed by atoms with Crippen LogP contribution in [0.2, 0.25) is 0 Å². The van der Waals surface area contributed by atoms with E-state index in [1.165, 1.54) is 0 Å². The number of rotatable bonds is 4. The monoisotopic (exact) mass is 669 g/mol. The van der Waals surface area contributed by atoms with Gasteiger partial charge in [-0.1, -0.05) is 23.9 Å². The largest absolute Gasteiger partial charge is 0.444 e. The average molecular weight is 670 g/mol. The number of nitrogens with zero attached hydrogens (tertiary/aromatic N) is 4. The molecule has 2 amide bonds. The summed E-state index contributed by atoms with van der Waals surface area (Å²) < 4.78 is 11.3. The first-order chi connectivity index (χ1) is 22.8. The van der Waals surface area contributed by atoms with E-state index in [4.69, 9.17) is 9.47 Å². The van der Waals surface area contributed by atoms with Crippen LogP contribution in [0.15, 0.2) is 58.6 Å². The zero-order valence-electron chi connectivity index (χ0n) is 28.3. The maximum Gasteiger partial charge on any atom is 0.410 e. The molecule has 3 aliphatic rings. The van der Waals surface area contributed by atoms with Gasteiger partial charge < -0.3 is 24.8 Å². The first-order valence-electron chi connectivity index (χ1n) is 16.6. The highest BCUT2D eigenvalue weighted by Crippen LogP contribution is 2.47. The summed E-state index contributed by atoms with van der Waals surface area (Å²) in [5.41, 5.74) is 4.82. The second kappa shape index (κ2) is 12.2. The van der Waals surface area contributed by atoms with Crippen LogP contribution in [0.1, 0.15) is 91.0 Å². The number of ether oxygens (including phenoxy) is 2. The molecule has 2 aromatic carbocycles. The van der Waals surface area contributed by atoms with Crippen LogP contribution < -0.4 is 5.32 Å². The standard InChI is InChI=1S/C36H43N7O4S/c1-35(2,3)46-33(44)42-15-7-9-27(42)31-37-19-25(40-31)21-12-14-29-24(17-21)39-23-13-11-22(18-30(23)48-29)26-20-38-32(41-26)28-10-8-16-43(28)34(45)47-36(4,5)6/h11-14,17-20,27-28,39H,7-10,15-16H2,1-6H3,(H,37,40)(H,38,41)/t27-,28+/m1/s1. The maximum absolute atomic E-state index is 12.8. The van der Waals surface area contributed by atoms with Crippen molar-refractivity contribution in [3.63, 3.8) is 0 Å². The van der Waals surface area contributed by atoms with Crippen LogP contribution >= 0.6 is 11.8 Å². The molecule has 0 radical (unpaired) electrons. The first-order valence-corrected chi connectivity index (χ1v) is 17.5. The highest BCUT2D eigenvalue weighted by Gasteiger charge is 2.36. The van der Waals surface area contributed by atoms with Crippen LogP contribution in [0.5, 0.6) is 0 Å². The molecule has 7 rings (SSSR count). The molecular formula is C36H43N7O4S. The lowest BCUT2D eigenvalue weighted by molar-refractivity contribution is 0.0208. The van der Waals surface area contributed by atoms with Crippen molar-refractivity contribution in [1.29, 1.82) is 0 Å². The second-order valence-corrected chi connectivity index (χ2v) is 15.8. The number of amides is 2. The van der Waals surface area contributed by atoms with Gasteiger partial charge in [0.1, 0.15) is 22.9 Å². The first kappa shape index (κ1) is 32.1. The molecular weight excluding hydrogens is 627 g/mol. The van der Waals surface area contributed by atoms with Crippen LogP contribution in [0.25, 0.3) is 22.5 Å². The Morgan fingerprint density at radius 3 is 1.79 bits per heavy atom. The number of nitrogens with one attached hydrogen (secondary N) is 3. The van der Waals surface area contributed by atoms with Crippen molar-refractivity contribution < 1.29 is 19.1 Å². The molecule has 0 spiro atoms. The van der Waals surface area contributed by atoms with Gasteiger partial charge in [0.2, 0.25) is 0 Å². The minimum Gasteiger partial charge on any atom is -0.444 e. The number of imidazole rings is 2. The van der Waals surface area contributed by atoms with Crippen molar-refractivity contribution in [3.05, 3.63) is 60.4 Å². The molecule has 12 heteroatoms. The van der Waals surface area contributed by atoms with Gasteiger partial charge in [0.25, 0.3) is 0 Å². The third-order valence-corrected chi connectivity index (χ3v) is 9.79. The number of carbonyl (C=O) groups excluding carboxylic acids is 2. The van der Waals surface area contributed by atoms with E-state index in [1.807, 2.05) is 53.9 Å². The summed E-state index contributed by atoms with van der Waals surface area (Å²) in [6.45, 7) is 12.6. The Kier molecular flexibility index (Phi) is 8.17. The van der Waals surface area contributed by atoms with Gasteiger partial charge in [-0.15, -0.1) is 0 Å². The molecule has 0 saturated carbocycles. The van der Waals surface area contributed by atoms with Gasteiger partial charge in [-0.2, -0.15) is 0 Å². The summed E-state index contributed by atoms with van der Waals surface area (Å²) in [6.07, 6.45) is 6.61. The van der Waals surface area contributed by atoms with Crippen molar-refractivity contribution in [2.75, 3.05) is 18.4 Å². The topological polar surface area (TPSA) is 128 Å². The highest BCUT2D eigenvalue weighted by atomic mass is 32.2. The van der Waals surface area contributed by atoms with Gasteiger partial charge in [-0.3, -0.25) is 9.80 Å². The van der Waals surface area contributed by atoms with Crippen molar-refractivity contribution in [2.45, 2.75) is 100 Å². The molecule has 4 aromatic rings. The molecule has 3 aliphatic heterocycles. The van der Waals surface area contributed by atoms with E-state index in [9.17, 15) is 9.59 Å². The third kappa shape index (κ3) is 6.63. The predicted octanol–water partition coefficient (Wildman–Crippen LogP) is 8.82. The minimum absolute atomic E-state index is 0.128. The highest BCUT2D eigenvalue weighted by molar-refractivity contribution is 7.99. The Morgan fingerprint density at radius 1 is 0.729 bits per heavy atom. The number of hydrogen-bond acceptors (Lipinski definition) is 8. The summed E-state index contributed by atoms with van der Waals surface area (Å²) in [6, 6.07) is 12.4. The Balaban J connectivity index is 1.05. The van der Waals surface area contributed by atoms with Crippen molar-refractivity contribution in [1.82, 2.24) is 29.7 Å². The minimum atomic E-state index is -0.544. The maximum atomic E-state index is 12.8. The van der Waals surface area contributed by atoms with Gasteiger partial charge in [0, 0.05) is 34.0 Å². The lowest BCUT2D eigenvalue weighted by Crippen LogP contribution is -2.36. The lowest BCUT2D eigenvalue weighted by Gasteiger charge is -2.27. The fourth-order valence-corrected chi connectivity index (χ4v) is 7.52. The van der Waals surface area contributed by atoms with Gasteiger partial charge in [0.05, 0.1) is 47.2 Å². The van der Waals surface area contributed by atoms with Gasteiger partial charge >= 0.3 is 12.2 Å². The number of aromatic amines is 2. The number of anilines is 2. The molecule has 0 unspecified atom stereocenters. The van der Waals surface area contributed by atoms with E-state index in [-0.39, 0.29) is 24.3 Å². The van der Waals surface area contributed by atoms with Crippen LogP contribution in [0.4, 0.5) is 21.0 Å². The lowest BCUT2D eigenvalue weighted by atomic mass is 10.1. The van der Waals surface area contributed by atoms with E-state index in [1.54, 1.807) is 21.6 Å². The predicted molar refractivity (Wildman–Crippen MR) is 185 cm³/mol. The van der Waals surface area contributed by atoms with Gasteiger partial charge in [-0.05, 0) is 91.5 Å². The smallest absolute Gasteiger partial charge is 0.410 e. The van der Waals surface area contributed by atoms with Crippen LogP contribution in [-0.4, -0.2) is 66.2 Å². The number of aromatic nitrogens is 4. The number of fused-ring (bicyclic) bond motifs is 2. The summed E-state index contributed by atoms with van der Waals surface area (Å²) in [5.74, 6) is 1.56. The molecule has 3 N–H and O–H groups in total. The Labute approximate surface area is 285 Å². The quantitative estimate of drug-likeness (QED) is 0.173. The molecule has 0 aliphatic carbocycles. The van der Waals surface area contributed by atoms with Gasteiger partial charge in [0.15, 0.2) is 0 Å². The molecule has 252 valence electrons. The number of H-pyrrole nitrogens is 2. The molecule has 11 nitrogen and oxygen atoms in total. The van der Waals surface area contributed by atoms with E-state index in [0.29, 0.717) is 13.1 Å². The normalized spacial score (nSPS) is 19.1. The summed E-state index contributed by atoms with van der Waals surface area (Å²) >= 11 is 1.72. The molecule has 48 heavy (non-hydrogen) atoms. The molecule has 2 atom stereocenters. The zero-order valence-corrected chi connectivity index (χ0v) is 29.2. The number of benzene rings is 2. The van der Waals surface area contributed by atoms with E-state index in [0.717, 1.165) is 81.0 Å². The Morgan fingerprint density at radius 2 is 1.25 bits per heavy atom. The molecule has 2 fully saturated rings.